The van der Waals surface area contributed by atoms with Gasteiger partial charge in [0.05, 0.1) is 0 Å². The summed E-state index contributed by atoms with van der Waals surface area (Å²) < 4.78 is 8.48. The Labute approximate surface area is 151 Å². The summed E-state index contributed by atoms with van der Waals surface area (Å²) >= 11 is 0. The van der Waals surface area contributed by atoms with Crippen LogP contribution in [0.1, 0.15) is 105 Å². The average molecular weight is 426 g/mol. The Morgan fingerprint density at radius 2 is 0.714 bits per heavy atom. The maximum Gasteiger partial charge on any atom is 2.00 e. The smallest absolute Gasteiger partial charge is 0.598 e. The molecular weight excluding hydrogens is 390 g/mol. The van der Waals surface area contributed by atoms with Gasteiger partial charge >= 0.3 is 23.9 Å². The van der Waals surface area contributed by atoms with E-state index in [1.54, 1.807) is 0 Å². The molecule has 0 aliphatic rings. The van der Waals surface area contributed by atoms with Gasteiger partial charge in [-0.05, 0) is 0 Å². The summed E-state index contributed by atoms with van der Waals surface area (Å²) in [5.41, 5.74) is 0. The summed E-state index contributed by atoms with van der Waals surface area (Å²) in [5.74, 6) is 0. The minimum absolute atomic E-state index is 0. The van der Waals surface area contributed by atoms with E-state index in [0.29, 0.717) is 0 Å². The molecule has 0 fully saturated rings. The summed E-state index contributed by atoms with van der Waals surface area (Å²) in [4.78, 5) is 17.0. The van der Waals surface area contributed by atoms with Gasteiger partial charge in [-0.15, -0.1) is 0 Å². The molecule has 0 spiro atoms. The summed E-state index contributed by atoms with van der Waals surface area (Å²) in [6, 6.07) is 0. The zero-order valence-electron chi connectivity index (χ0n) is 14.7. The minimum atomic E-state index is -3.37. The molecule has 0 rings (SSSR count). The Kier molecular flexibility index (Phi) is 46.3. The van der Waals surface area contributed by atoms with E-state index < -0.39 is 8.25 Å². The fourth-order valence-electron chi connectivity index (χ4n) is 1.71. The van der Waals surface area contributed by atoms with E-state index >= 15 is 0 Å². The van der Waals surface area contributed by atoms with Gasteiger partial charge in [0.2, 0.25) is 0 Å². The van der Waals surface area contributed by atoms with Crippen LogP contribution in [0.2, 0.25) is 0 Å². The monoisotopic (exact) mass is 427 g/mol. The molecule has 0 N–H and O–H groups in total. The van der Waals surface area contributed by atoms with Crippen molar-refractivity contribution >= 4 is 32.2 Å². The molecular formula is C16H36O3PSn+. The van der Waals surface area contributed by atoms with Crippen molar-refractivity contribution in [3.8, 4) is 0 Å². The molecule has 0 amide bonds. The fraction of sp³-hybridized carbons (Fsp3) is 1.00. The molecule has 126 valence electrons. The van der Waals surface area contributed by atoms with Crippen LogP contribution in [0.3, 0.4) is 0 Å². The second-order valence-corrected chi connectivity index (χ2v) is 5.50. The minimum Gasteiger partial charge on any atom is -0.598 e. The molecule has 0 atom stereocenters. The van der Waals surface area contributed by atoms with Gasteiger partial charge in [0.1, 0.15) is 0 Å². The van der Waals surface area contributed by atoms with Crippen molar-refractivity contribution < 1.29 is 14.4 Å². The maximum absolute atomic E-state index is 8.48. The second kappa shape index (κ2) is 32.7. The molecule has 0 aromatic carbocycles. The first-order chi connectivity index (χ1) is 9.56. The Morgan fingerprint density at radius 3 is 0.810 bits per heavy atom. The van der Waals surface area contributed by atoms with Crippen LogP contribution in [0.5, 0.6) is 0 Å². The van der Waals surface area contributed by atoms with Crippen molar-refractivity contribution in [3.63, 3.8) is 0 Å². The topological polar surface area (TPSA) is 63.2 Å². The van der Waals surface area contributed by atoms with Gasteiger partial charge in [-0.25, -0.2) is 0 Å². The average Bonchev–Trinajstić information content (AvgIpc) is 2.40. The third-order valence-electron chi connectivity index (χ3n) is 2.91. The van der Waals surface area contributed by atoms with E-state index in [1.807, 2.05) is 0 Å². The van der Waals surface area contributed by atoms with Crippen LogP contribution in [0.15, 0.2) is 0 Å². The SMILES string of the molecule is CCCCCCCC.CCCCCCCC.O=[P+]([O-])[O-].[Sn+2]. The third-order valence-corrected chi connectivity index (χ3v) is 2.91. The first-order valence-corrected chi connectivity index (χ1v) is 9.47. The molecule has 0 aliphatic heterocycles. The molecule has 2 radical (unpaired) electrons. The first kappa shape index (κ1) is 29.8. The Morgan fingerprint density at radius 1 is 0.571 bits per heavy atom. The second-order valence-electron chi connectivity index (χ2n) is 5.05. The van der Waals surface area contributed by atoms with Gasteiger partial charge < -0.3 is 9.79 Å². The summed E-state index contributed by atoms with van der Waals surface area (Å²) in [5, 5.41) is 0. The Bertz CT molecular complexity index is 142. The van der Waals surface area contributed by atoms with Crippen LogP contribution in [-0.2, 0) is 4.57 Å². The number of unbranched alkanes of at least 4 members (excludes halogenated alkanes) is 10. The maximum atomic E-state index is 8.48. The first-order valence-electron chi connectivity index (χ1n) is 8.38. The zero-order valence-corrected chi connectivity index (χ0v) is 18.4. The van der Waals surface area contributed by atoms with Crippen LogP contribution in [0.25, 0.3) is 0 Å². The van der Waals surface area contributed by atoms with Crippen molar-refractivity contribution in [3.05, 3.63) is 0 Å². The standard InChI is InChI=1S/2C8H18.HO3P.Sn/c2*1-3-5-7-8-6-4-2;1-4(2)3;/h2*3-8H2,1-2H3;(H,1,2,3);/q;;;+2/p-1. The van der Waals surface area contributed by atoms with Crippen LogP contribution >= 0.6 is 8.25 Å². The van der Waals surface area contributed by atoms with Crippen LogP contribution in [-0.4, -0.2) is 23.9 Å². The van der Waals surface area contributed by atoms with Crippen molar-refractivity contribution in [1.82, 2.24) is 0 Å². The molecule has 0 saturated carbocycles. The number of rotatable bonds is 10. The molecule has 0 aromatic rings. The van der Waals surface area contributed by atoms with E-state index in [2.05, 4.69) is 27.7 Å². The normalized spacial score (nSPS) is 8.67. The molecule has 0 bridgehead atoms. The van der Waals surface area contributed by atoms with Gasteiger partial charge in [0.25, 0.3) is 8.25 Å². The van der Waals surface area contributed by atoms with Gasteiger partial charge in [-0.3, -0.25) is 0 Å². The number of hydrogen-bond acceptors (Lipinski definition) is 3. The van der Waals surface area contributed by atoms with Crippen molar-refractivity contribution in [1.29, 1.82) is 0 Å². The van der Waals surface area contributed by atoms with E-state index in [9.17, 15) is 0 Å². The fourth-order valence-corrected chi connectivity index (χ4v) is 1.71. The van der Waals surface area contributed by atoms with Gasteiger partial charge in [0, 0.05) is 0 Å². The number of hydrogen-bond donors (Lipinski definition) is 0. The molecule has 0 unspecified atom stereocenters. The van der Waals surface area contributed by atoms with Crippen molar-refractivity contribution in [2.24, 2.45) is 0 Å². The van der Waals surface area contributed by atoms with E-state index in [4.69, 9.17) is 14.4 Å². The van der Waals surface area contributed by atoms with E-state index in [1.165, 1.54) is 77.0 Å². The van der Waals surface area contributed by atoms with Crippen LogP contribution in [0, 0.1) is 0 Å². The van der Waals surface area contributed by atoms with E-state index in [-0.39, 0.29) is 23.9 Å². The summed E-state index contributed by atoms with van der Waals surface area (Å²) in [6.07, 6.45) is 17.0. The molecule has 5 heteroatoms. The molecule has 0 saturated heterocycles. The largest absolute Gasteiger partial charge is 2.00 e. The Hall–Kier alpha value is 0.819. The third kappa shape index (κ3) is 63.0. The molecule has 21 heavy (non-hydrogen) atoms. The predicted molar refractivity (Wildman–Crippen MR) is 91.5 cm³/mol. The summed E-state index contributed by atoms with van der Waals surface area (Å²) in [6.45, 7) is 9.02. The molecule has 0 aromatic heterocycles. The van der Waals surface area contributed by atoms with Crippen molar-refractivity contribution in [2.75, 3.05) is 0 Å². The quantitative estimate of drug-likeness (QED) is 0.289. The Balaban J connectivity index is -0.000000107. The van der Waals surface area contributed by atoms with Crippen LogP contribution in [0.4, 0.5) is 0 Å². The van der Waals surface area contributed by atoms with E-state index in [0.717, 1.165) is 0 Å². The van der Waals surface area contributed by atoms with Gasteiger partial charge in [-0.1, -0.05) is 109 Å². The van der Waals surface area contributed by atoms with Crippen molar-refractivity contribution in [2.45, 2.75) is 105 Å². The molecule has 3 nitrogen and oxygen atoms in total. The van der Waals surface area contributed by atoms with Crippen LogP contribution < -0.4 is 9.79 Å². The molecule has 0 heterocycles. The summed E-state index contributed by atoms with van der Waals surface area (Å²) in [7, 11) is -3.37. The zero-order chi connectivity index (χ0) is 16.1. The predicted octanol–water partition coefficient (Wildman–Crippen LogP) is 4.72. The van der Waals surface area contributed by atoms with Gasteiger partial charge in [-0.2, -0.15) is 0 Å². The van der Waals surface area contributed by atoms with Gasteiger partial charge in [0.15, 0.2) is 0 Å². The molecule has 0 aliphatic carbocycles.